The highest BCUT2D eigenvalue weighted by atomic mass is 28.4. The molecule has 1 aliphatic heterocycles. The van der Waals surface area contributed by atoms with Crippen molar-refractivity contribution in [2.75, 3.05) is 20.7 Å². The number of hydrogen-bond acceptors (Lipinski definition) is 6. The first-order valence-corrected chi connectivity index (χ1v) is 15.2. The SMILES string of the molecule is CN(C)/C=N/c1ncnc2c1ccn2[C@H]1C[C@@H](O)[C@@H](CO[Si](c2ccccc2)(c2ccccc2)C(C)(C)C)O1. The Morgan fingerprint density at radius 3 is 2.28 bits per heavy atom. The zero-order valence-electron chi connectivity index (χ0n) is 23.2. The van der Waals surface area contributed by atoms with Crippen LogP contribution in [0.4, 0.5) is 5.82 Å². The van der Waals surface area contributed by atoms with Crippen molar-refractivity contribution in [1.82, 2.24) is 19.4 Å². The second kappa shape index (κ2) is 11.0. The van der Waals surface area contributed by atoms with Gasteiger partial charge in [-0.25, -0.2) is 15.0 Å². The lowest BCUT2D eigenvalue weighted by atomic mass is 10.2. The van der Waals surface area contributed by atoms with Gasteiger partial charge in [-0.05, 0) is 21.5 Å². The highest BCUT2D eigenvalue weighted by Gasteiger charge is 2.51. The molecule has 0 bridgehead atoms. The van der Waals surface area contributed by atoms with Crippen LogP contribution in [0.3, 0.4) is 0 Å². The lowest BCUT2D eigenvalue weighted by Crippen LogP contribution is -2.67. The third-order valence-electron chi connectivity index (χ3n) is 7.29. The smallest absolute Gasteiger partial charge is 0.261 e. The molecule has 0 saturated carbocycles. The molecule has 1 saturated heterocycles. The maximum absolute atomic E-state index is 11.1. The molecule has 1 fully saturated rings. The summed E-state index contributed by atoms with van der Waals surface area (Å²) in [5, 5.41) is 14.2. The number of rotatable bonds is 8. The summed E-state index contributed by atoms with van der Waals surface area (Å²) >= 11 is 0. The molecule has 1 aliphatic rings. The van der Waals surface area contributed by atoms with Crippen molar-refractivity contribution in [2.24, 2.45) is 4.99 Å². The van der Waals surface area contributed by atoms with E-state index in [2.05, 4.69) is 84.3 Å². The predicted octanol–water partition coefficient (Wildman–Crippen LogP) is 3.88. The van der Waals surface area contributed by atoms with Gasteiger partial charge >= 0.3 is 0 Å². The van der Waals surface area contributed by atoms with E-state index >= 15 is 0 Å². The standard InChI is InChI=1S/C30H37N5O3Si/c1-30(2,3)39(22-12-8-6-9-13-22,23-14-10-7-11-15-23)37-19-26-25(36)18-27(38-26)35-17-16-24-28(33-21-34(4)5)31-20-32-29(24)35/h6-17,20-21,25-27,36H,18-19H2,1-5H3/b33-21+/t25-,26-,27-/m1/s1. The molecule has 204 valence electrons. The Labute approximate surface area is 231 Å². The van der Waals surface area contributed by atoms with Crippen LogP contribution in [0.2, 0.25) is 5.04 Å². The summed E-state index contributed by atoms with van der Waals surface area (Å²) in [6.07, 6.45) is 4.09. The molecule has 2 aromatic heterocycles. The summed E-state index contributed by atoms with van der Waals surface area (Å²) in [5.74, 6) is 0.595. The molecule has 0 radical (unpaired) electrons. The molecular formula is C30H37N5O3Si. The van der Waals surface area contributed by atoms with Crippen LogP contribution in [-0.2, 0) is 9.16 Å². The fraction of sp³-hybridized carbons (Fsp3) is 0.367. The number of fused-ring (bicyclic) bond motifs is 1. The molecule has 0 amide bonds. The number of aliphatic imine (C=N–C) groups is 1. The van der Waals surface area contributed by atoms with E-state index in [1.54, 1.807) is 6.34 Å². The van der Waals surface area contributed by atoms with E-state index in [0.717, 1.165) is 11.0 Å². The van der Waals surface area contributed by atoms with Gasteiger partial charge in [0, 0.05) is 26.7 Å². The zero-order chi connectivity index (χ0) is 27.6. The Balaban J connectivity index is 1.42. The third-order valence-corrected chi connectivity index (χ3v) is 12.3. The number of aliphatic hydroxyl groups excluding tert-OH is 1. The van der Waals surface area contributed by atoms with Crippen molar-refractivity contribution in [3.63, 3.8) is 0 Å². The lowest BCUT2D eigenvalue weighted by Gasteiger charge is -2.43. The maximum atomic E-state index is 11.1. The van der Waals surface area contributed by atoms with Crippen LogP contribution >= 0.6 is 0 Å². The highest BCUT2D eigenvalue weighted by molar-refractivity contribution is 6.99. The summed E-state index contributed by atoms with van der Waals surface area (Å²) in [5.41, 5.74) is 0.724. The molecule has 3 atom stereocenters. The Bertz CT molecular complexity index is 1380. The molecule has 4 aromatic rings. The molecule has 39 heavy (non-hydrogen) atoms. The van der Waals surface area contributed by atoms with E-state index in [9.17, 15) is 5.11 Å². The second-order valence-corrected chi connectivity index (χ2v) is 15.6. The molecule has 3 heterocycles. The van der Waals surface area contributed by atoms with Crippen LogP contribution in [0.5, 0.6) is 0 Å². The Hall–Kier alpha value is -3.37. The molecule has 0 spiro atoms. The Morgan fingerprint density at radius 2 is 1.69 bits per heavy atom. The summed E-state index contributed by atoms with van der Waals surface area (Å²) in [6, 6.07) is 23.0. The van der Waals surface area contributed by atoms with Gasteiger partial charge in [0.2, 0.25) is 0 Å². The van der Waals surface area contributed by atoms with Gasteiger partial charge in [0.1, 0.15) is 24.3 Å². The minimum atomic E-state index is -2.74. The first-order chi connectivity index (χ1) is 18.7. The van der Waals surface area contributed by atoms with Crippen molar-refractivity contribution >= 4 is 41.9 Å². The molecule has 0 aliphatic carbocycles. The molecule has 5 rings (SSSR count). The number of nitrogens with zero attached hydrogens (tertiary/aromatic N) is 5. The van der Waals surface area contributed by atoms with Gasteiger partial charge < -0.3 is 23.7 Å². The number of hydrogen-bond donors (Lipinski definition) is 1. The molecule has 1 N–H and O–H groups in total. The minimum Gasteiger partial charge on any atom is -0.405 e. The summed E-state index contributed by atoms with van der Waals surface area (Å²) in [4.78, 5) is 15.2. The highest BCUT2D eigenvalue weighted by Crippen LogP contribution is 2.38. The van der Waals surface area contributed by atoms with Gasteiger partial charge in [0.05, 0.1) is 24.4 Å². The van der Waals surface area contributed by atoms with Crippen molar-refractivity contribution in [3.8, 4) is 0 Å². The fourth-order valence-corrected chi connectivity index (χ4v) is 10.0. The lowest BCUT2D eigenvalue weighted by molar-refractivity contribution is -0.0397. The summed E-state index contributed by atoms with van der Waals surface area (Å²) < 4.78 is 15.4. The van der Waals surface area contributed by atoms with Gasteiger partial charge in [0.15, 0.2) is 5.82 Å². The molecule has 0 unspecified atom stereocenters. The third kappa shape index (κ3) is 5.27. The Morgan fingerprint density at radius 1 is 1.05 bits per heavy atom. The van der Waals surface area contributed by atoms with Gasteiger partial charge in [-0.2, -0.15) is 0 Å². The topological polar surface area (TPSA) is 85.0 Å². The van der Waals surface area contributed by atoms with Gasteiger partial charge in [0.25, 0.3) is 8.32 Å². The van der Waals surface area contributed by atoms with Crippen molar-refractivity contribution in [3.05, 3.63) is 79.3 Å². The van der Waals surface area contributed by atoms with E-state index in [-0.39, 0.29) is 17.9 Å². The quantitative estimate of drug-likeness (QED) is 0.206. The van der Waals surface area contributed by atoms with Crippen LogP contribution in [0.25, 0.3) is 11.0 Å². The average molecular weight is 544 g/mol. The molecule has 9 heteroatoms. The fourth-order valence-electron chi connectivity index (χ4n) is 5.47. The van der Waals surface area contributed by atoms with Crippen molar-refractivity contribution < 1.29 is 14.3 Å². The maximum Gasteiger partial charge on any atom is 0.261 e. The number of aromatic nitrogens is 3. The van der Waals surface area contributed by atoms with E-state index in [0.29, 0.717) is 12.2 Å². The van der Waals surface area contributed by atoms with Gasteiger partial charge in [-0.15, -0.1) is 0 Å². The molecular weight excluding hydrogens is 506 g/mol. The van der Waals surface area contributed by atoms with Crippen molar-refractivity contribution in [1.29, 1.82) is 0 Å². The predicted molar refractivity (Wildman–Crippen MR) is 157 cm³/mol. The normalized spacial score (nSPS) is 20.2. The zero-order valence-corrected chi connectivity index (χ0v) is 24.2. The van der Waals surface area contributed by atoms with Crippen LogP contribution in [-0.4, -0.2) is 72.1 Å². The first kappa shape index (κ1) is 27.2. The van der Waals surface area contributed by atoms with E-state index in [1.807, 2.05) is 48.0 Å². The molecule has 2 aromatic carbocycles. The van der Waals surface area contributed by atoms with Crippen LogP contribution < -0.4 is 10.4 Å². The first-order valence-electron chi connectivity index (χ1n) is 13.3. The van der Waals surface area contributed by atoms with Crippen LogP contribution in [0, 0.1) is 0 Å². The van der Waals surface area contributed by atoms with E-state index in [1.165, 1.54) is 16.7 Å². The van der Waals surface area contributed by atoms with Gasteiger partial charge in [-0.1, -0.05) is 81.4 Å². The number of ether oxygens (including phenoxy) is 1. The van der Waals surface area contributed by atoms with Crippen LogP contribution in [0.1, 0.15) is 33.4 Å². The molecule has 8 nitrogen and oxygen atoms in total. The summed E-state index contributed by atoms with van der Waals surface area (Å²) in [7, 11) is 1.08. The average Bonchev–Trinajstić information content (AvgIpc) is 3.52. The second-order valence-electron chi connectivity index (χ2n) is 11.3. The van der Waals surface area contributed by atoms with Gasteiger partial charge in [-0.3, -0.25) is 0 Å². The number of aliphatic hydroxyl groups is 1. The van der Waals surface area contributed by atoms with E-state index in [4.69, 9.17) is 9.16 Å². The van der Waals surface area contributed by atoms with E-state index < -0.39 is 20.5 Å². The minimum absolute atomic E-state index is 0.157. The Kier molecular flexibility index (Phi) is 7.68. The van der Waals surface area contributed by atoms with Crippen LogP contribution in [0.15, 0.2) is 84.2 Å². The monoisotopic (exact) mass is 543 g/mol. The number of benzene rings is 2. The largest absolute Gasteiger partial charge is 0.405 e. The summed E-state index contributed by atoms with van der Waals surface area (Å²) in [6.45, 7) is 7.03. The van der Waals surface area contributed by atoms with Crippen molar-refractivity contribution in [2.45, 2.75) is 50.7 Å².